The molecule has 2 aromatic heterocycles. The minimum Gasteiger partial charge on any atom is -0.475 e. The van der Waals surface area contributed by atoms with Gasteiger partial charge in [-0.25, -0.2) is 9.48 Å². The van der Waals surface area contributed by atoms with E-state index in [4.69, 9.17) is 9.52 Å². The lowest BCUT2D eigenvalue weighted by atomic mass is 10.3. The summed E-state index contributed by atoms with van der Waals surface area (Å²) >= 11 is 0. The fourth-order valence-electron chi connectivity index (χ4n) is 1.65. The number of nitrogens with zero attached hydrogens (tertiary/aromatic N) is 2. The molecular weight excluding hydrogens is 220 g/mol. The van der Waals surface area contributed by atoms with Crippen LogP contribution in [0.1, 0.15) is 35.8 Å². The van der Waals surface area contributed by atoms with Crippen molar-refractivity contribution >= 4 is 5.97 Å². The predicted octanol–water partition coefficient (Wildman–Crippen LogP) is 2.29. The van der Waals surface area contributed by atoms with Crippen molar-refractivity contribution in [2.45, 2.75) is 26.7 Å². The number of aryl methyl sites for hydroxylation is 2. The standard InChI is InChI=1S/C12H14N2O3/c1-3-8-7-9(4-2)14(13-8)11-6-5-10(17-11)12(15)16/h5-7H,3-4H2,1-2H3,(H,15,16). The first-order chi connectivity index (χ1) is 8.15. The number of aromatic nitrogens is 2. The molecule has 1 N–H and O–H groups in total. The Balaban J connectivity index is 2.43. The number of hydrogen-bond acceptors (Lipinski definition) is 3. The molecule has 0 aromatic carbocycles. The van der Waals surface area contributed by atoms with Crippen LogP contribution in [0.4, 0.5) is 0 Å². The topological polar surface area (TPSA) is 68.3 Å². The zero-order valence-corrected chi connectivity index (χ0v) is 9.80. The van der Waals surface area contributed by atoms with Crippen LogP contribution in [0.2, 0.25) is 0 Å². The maximum Gasteiger partial charge on any atom is 0.371 e. The van der Waals surface area contributed by atoms with Gasteiger partial charge in [-0.15, -0.1) is 0 Å². The van der Waals surface area contributed by atoms with E-state index >= 15 is 0 Å². The Bertz CT molecular complexity index is 540. The molecule has 0 bridgehead atoms. The van der Waals surface area contributed by atoms with Crippen LogP contribution in [0.3, 0.4) is 0 Å². The zero-order chi connectivity index (χ0) is 12.4. The molecule has 90 valence electrons. The lowest BCUT2D eigenvalue weighted by Gasteiger charge is -2.00. The predicted molar refractivity (Wildman–Crippen MR) is 61.5 cm³/mol. The summed E-state index contributed by atoms with van der Waals surface area (Å²) in [5.41, 5.74) is 1.98. The first-order valence-corrected chi connectivity index (χ1v) is 5.57. The first kappa shape index (κ1) is 11.4. The van der Waals surface area contributed by atoms with Crippen molar-refractivity contribution in [2.24, 2.45) is 0 Å². The highest BCUT2D eigenvalue weighted by Crippen LogP contribution is 2.17. The molecule has 0 aliphatic heterocycles. The average molecular weight is 234 g/mol. The second-order valence-corrected chi connectivity index (χ2v) is 3.69. The van der Waals surface area contributed by atoms with Crippen molar-refractivity contribution in [1.29, 1.82) is 0 Å². The van der Waals surface area contributed by atoms with Crippen LogP contribution in [-0.2, 0) is 12.8 Å². The Kier molecular flexibility index (Phi) is 2.99. The van der Waals surface area contributed by atoms with Crippen molar-refractivity contribution in [1.82, 2.24) is 9.78 Å². The molecule has 0 unspecified atom stereocenters. The van der Waals surface area contributed by atoms with Gasteiger partial charge in [-0.1, -0.05) is 13.8 Å². The number of furan rings is 1. The van der Waals surface area contributed by atoms with Crippen molar-refractivity contribution < 1.29 is 14.3 Å². The molecule has 0 aliphatic rings. The minimum atomic E-state index is -1.07. The van der Waals surface area contributed by atoms with Crippen LogP contribution in [0.5, 0.6) is 0 Å². The molecule has 2 heterocycles. The Hall–Kier alpha value is -2.04. The second-order valence-electron chi connectivity index (χ2n) is 3.69. The summed E-state index contributed by atoms with van der Waals surface area (Å²) in [5, 5.41) is 13.2. The number of hydrogen-bond donors (Lipinski definition) is 1. The summed E-state index contributed by atoms with van der Waals surface area (Å²) in [6.45, 7) is 4.05. The lowest BCUT2D eigenvalue weighted by Crippen LogP contribution is -2.00. The molecule has 0 aliphatic carbocycles. The van der Waals surface area contributed by atoms with E-state index in [1.54, 1.807) is 10.7 Å². The lowest BCUT2D eigenvalue weighted by molar-refractivity contribution is 0.0662. The van der Waals surface area contributed by atoms with E-state index < -0.39 is 5.97 Å². The van der Waals surface area contributed by atoms with Crippen molar-refractivity contribution in [2.75, 3.05) is 0 Å². The third-order valence-electron chi connectivity index (χ3n) is 2.57. The van der Waals surface area contributed by atoms with Gasteiger partial charge in [0, 0.05) is 11.8 Å². The molecule has 5 heteroatoms. The van der Waals surface area contributed by atoms with Gasteiger partial charge in [0.2, 0.25) is 11.6 Å². The van der Waals surface area contributed by atoms with Gasteiger partial charge in [0.15, 0.2) is 0 Å². The third kappa shape index (κ3) is 2.08. The highest BCUT2D eigenvalue weighted by molar-refractivity contribution is 5.84. The van der Waals surface area contributed by atoms with Gasteiger partial charge < -0.3 is 9.52 Å². The van der Waals surface area contributed by atoms with Crippen molar-refractivity contribution in [3.05, 3.63) is 35.3 Å². The second kappa shape index (κ2) is 4.45. The number of carboxylic acids is 1. The van der Waals surface area contributed by atoms with E-state index in [2.05, 4.69) is 5.10 Å². The summed E-state index contributed by atoms with van der Waals surface area (Å²) in [5.74, 6) is -0.702. The quantitative estimate of drug-likeness (QED) is 0.881. The van der Waals surface area contributed by atoms with E-state index in [0.717, 1.165) is 24.2 Å². The molecule has 0 saturated heterocycles. The van der Waals surface area contributed by atoms with E-state index in [1.165, 1.54) is 6.07 Å². The largest absolute Gasteiger partial charge is 0.475 e. The van der Waals surface area contributed by atoms with E-state index in [0.29, 0.717) is 5.88 Å². The van der Waals surface area contributed by atoms with Crippen LogP contribution in [0.25, 0.3) is 5.88 Å². The Morgan fingerprint density at radius 3 is 2.71 bits per heavy atom. The van der Waals surface area contributed by atoms with Crippen LogP contribution in [0.15, 0.2) is 22.6 Å². The monoisotopic (exact) mass is 234 g/mol. The average Bonchev–Trinajstić information content (AvgIpc) is 2.94. The highest BCUT2D eigenvalue weighted by atomic mass is 16.4. The zero-order valence-electron chi connectivity index (χ0n) is 9.80. The van der Waals surface area contributed by atoms with Crippen LogP contribution >= 0.6 is 0 Å². The Morgan fingerprint density at radius 1 is 1.41 bits per heavy atom. The molecule has 0 fully saturated rings. The van der Waals surface area contributed by atoms with E-state index in [-0.39, 0.29) is 5.76 Å². The van der Waals surface area contributed by atoms with E-state index in [9.17, 15) is 4.79 Å². The first-order valence-electron chi connectivity index (χ1n) is 5.57. The number of aromatic carboxylic acids is 1. The van der Waals surface area contributed by atoms with Crippen LogP contribution in [0, 0.1) is 0 Å². The normalized spacial score (nSPS) is 10.7. The minimum absolute atomic E-state index is 0.0735. The SMILES string of the molecule is CCc1cc(CC)n(-c2ccc(C(=O)O)o2)n1. The molecule has 2 aromatic rings. The Labute approximate surface area is 98.7 Å². The molecule has 0 atom stereocenters. The van der Waals surface area contributed by atoms with Crippen LogP contribution in [-0.4, -0.2) is 20.9 Å². The molecule has 0 spiro atoms. The highest BCUT2D eigenvalue weighted by Gasteiger charge is 2.13. The van der Waals surface area contributed by atoms with Gasteiger partial charge in [0.1, 0.15) is 0 Å². The summed E-state index contributed by atoms with van der Waals surface area (Å²) in [6.07, 6.45) is 1.66. The molecule has 5 nitrogen and oxygen atoms in total. The number of carbonyl (C=O) groups is 1. The number of rotatable bonds is 4. The fraction of sp³-hybridized carbons (Fsp3) is 0.333. The summed E-state index contributed by atoms with van der Waals surface area (Å²) in [4.78, 5) is 10.7. The smallest absolute Gasteiger partial charge is 0.371 e. The summed E-state index contributed by atoms with van der Waals surface area (Å²) < 4.78 is 6.89. The maximum absolute atomic E-state index is 10.7. The van der Waals surface area contributed by atoms with E-state index in [1.807, 2.05) is 19.9 Å². The number of carboxylic acid groups (broad SMARTS) is 1. The van der Waals surface area contributed by atoms with Crippen molar-refractivity contribution in [3.63, 3.8) is 0 Å². The van der Waals surface area contributed by atoms with Gasteiger partial charge in [-0.05, 0) is 25.0 Å². The molecule has 0 saturated carbocycles. The third-order valence-corrected chi connectivity index (χ3v) is 2.57. The van der Waals surface area contributed by atoms with Crippen LogP contribution < -0.4 is 0 Å². The van der Waals surface area contributed by atoms with Gasteiger partial charge in [0.05, 0.1) is 5.69 Å². The van der Waals surface area contributed by atoms with Gasteiger partial charge in [0.25, 0.3) is 0 Å². The summed E-state index contributed by atoms with van der Waals surface area (Å²) in [7, 11) is 0. The summed E-state index contributed by atoms with van der Waals surface area (Å²) in [6, 6.07) is 5.06. The fourth-order valence-corrected chi connectivity index (χ4v) is 1.65. The van der Waals surface area contributed by atoms with Gasteiger partial charge in [-0.3, -0.25) is 0 Å². The molecule has 17 heavy (non-hydrogen) atoms. The molecule has 2 rings (SSSR count). The molecule has 0 radical (unpaired) electrons. The van der Waals surface area contributed by atoms with Gasteiger partial charge >= 0.3 is 5.97 Å². The molecular formula is C12H14N2O3. The maximum atomic E-state index is 10.7. The Morgan fingerprint density at radius 2 is 2.18 bits per heavy atom. The van der Waals surface area contributed by atoms with Gasteiger partial charge in [-0.2, -0.15) is 5.10 Å². The van der Waals surface area contributed by atoms with Crippen molar-refractivity contribution in [3.8, 4) is 5.88 Å². The molecule has 0 amide bonds.